The van der Waals surface area contributed by atoms with Gasteiger partial charge >= 0.3 is 0 Å². The summed E-state index contributed by atoms with van der Waals surface area (Å²) in [6.07, 6.45) is 0.992. The van der Waals surface area contributed by atoms with Crippen molar-refractivity contribution in [3.63, 3.8) is 0 Å². The van der Waals surface area contributed by atoms with E-state index < -0.39 is 26.5 Å². The molecule has 4 rings (SSSR count). The number of hydrogen-bond donors (Lipinski definition) is 0. The van der Waals surface area contributed by atoms with E-state index in [0.717, 1.165) is 33.6 Å². The maximum atomic E-state index is 13.6. The Kier molecular flexibility index (Phi) is 6.78. The van der Waals surface area contributed by atoms with Crippen molar-refractivity contribution >= 4 is 15.6 Å². The van der Waals surface area contributed by atoms with Gasteiger partial charge in [0.2, 0.25) is 0 Å². The summed E-state index contributed by atoms with van der Waals surface area (Å²) < 4.78 is 39.9. The van der Waals surface area contributed by atoms with Crippen LogP contribution in [0.25, 0.3) is 0 Å². The number of ketones is 1. The predicted molar refractivity (Wildman–Crippen MR) is 137 cm³/mol. The first-order valence-corrected chi connectivity index (χ1v) is 13.4. The first-order chi connectivity index (χ1) is 16.6. The van der Waals surface area contributed by atoms with Crippen molar-refractivity contribution in [2.75, 3.05) is 0 Å². The van der Waals surface area contributed by atoms with Crippen molar-refractivity contribution in [2.45, 2.75) is 69.8 Å². The smallest absolute Gasteiger partial charge is 0.192 e. The Labute approximate surface area is 208 Å². The van der Waals surface area contributed by atoms with E-state index in [4.69, 9.17) is 9.47 Å². The van der Waals surface area contributed by atoms with E-state index in [0.29, 0.717) is 25.2 Å². The van der Waals surface area contributed by atoms with Crippen LogP contribution in [0, 0.1) is 20.8 Å². The van der Waals surface area contributed by atoms with Crippen LogP contribution >= 0.6 is 0 Å². The van der Waals surface area contributed by atoms with Crippen LogP contribution in [-0.4, -0.2) is 25.1 Å². The average molecular weight is 493 g/mol. The Hall–Kier alpha value is -3.12. The van der Waals surface area contributed by atoms with E-state index >= 15 is 0 Å². The molecule has 35 heavy (non-hydrogen) atoms. The zero-order valence-electron chi connectivity index (χ0n) is 20.9. The second-order valence-corrected chi connectivity index (χ2v) is 11.6. The molecular formula is C29H32O5S. The minimum atomic E-state index is -3.94. The Morgan fingerprint density at radius 3 is 2.17 bits per heavy atom. The molecule has 0 N–H and O–H groups in total. The summed E-state index contributed by atoms with van der Waals surface area (Å²) in [5, 5.41) is -1.31. The molecule has 184 valence electrons. The number of carbonyl (C=O) groups is 1. The summed E-state index contributed by atoms with van der Waals surface area (Å²) in [7, 11) is -3.94. The molecule has 3 aromatic rings. The molecule has 1 unspecified atom stereocenters. The van der Waals surface area contributed by atoms with E-state index in [1.165, 1.54) is 19.1 Å². The fourth-order valence-electron chi connectivity index (χ4n) is 5.11. The summed E-state index contributed by atoms with van der Waals surface area (Å²) >= 11 is 0. The molecule has 1 aliphatic rings. The van der Waals surface area contributed by atoms with Crippen molar-refractivity contribution < 1.29 is 22.7 Å². The minimum Gasteiger partial charge on any atom is -0.488 e. The van der Waals surface area contributed by atoms with Gasteiger partial charge in [-0.25, -0.2) is 8.42 Å². The zero-order chi connectivity index (χ0) is 25.4. The maximum Gasteiger partial charge on any atom is 0.192 e. The lowest BCUT2D eigenvalue weighted by Crippen LogP contribution is -2.54. The van der Waals surface area contributed by atoms with Crippen molar-refractivity contribution in [1.29, 1.82) is 0 Å². The molecular weight excluding hydrogens is 460 g/mol. The Morgan fingerprint density at radius 2 is 1.57 bits per heavy atom. The minimum absolute atomic E-state index is 0.129. The molecule has 1 aliphatic heterocycles. The third-order valence-corrected chi connectivity index (χ3v) is 9.43. The molecule has 0 amide bonds. The van der Waals surface area contributed by atoms with Crippen LogP contribution in [-0.2, 0) is 27.7 Å². The number of fused-ring (bicyclic) bond motifs is 1. The van der Waals surface area contributed by atoms with Gasteiger partial charge in [-0.1, -0.05) is 48.5 Å². The van der Waals surface area contributed by atoms with Gasteiger partial charge in [0.25, 0.3) is 0 Å². The van der Waals surface area contributed by atoms with E-state index in [-0.39, 0.29) is 4.90 Å². The molecule has 1 heterocycles. The molecule has 2 atom stereocenters. The van der Waals surface area contributed by atoms with Gasteiger partial charge in [-0.05, 0) is 81.8 Å². The Balaban J connectivity index is 1.71. The Bertz CT molecular complexity index is 1350. The van der Waals surface area contributed by atoms with Gasteiger partial charge in [0.1, 0.15) is 23.7 Å². The number of carbonyl (C=O) groups excluding carboxylic acids is 1. The van der Waals surface area contributed by atoms with Gasteiger partial charge in [0, 0.05) is 5.56 Å². The summed E-state index contributed by atoms with van der Waals surface area (Å²) in [6, 6.07) is 18.1. The number of hydrogen-bond acceptors (Lipinski definition) is 5. The number of rotatable bonds is 7. The first-order valence-electron chi connectivity index (χ1n) is 11.8. The average Bonchev–Trinajstić information content (AvgIpc) is 2.83. The summed E-state index contributed by atoms with van der Waals surface area (Å²) in [4.78, 5) is 12.9. The number of benzene rings is 3. The molecule has 3 aromatic carbocycles. The topological polar surface area (TPSA) is 69.7 Å². The van der Waals surface area contributed by atoms with Crippen molar-refractivity contribution in [3.8, 4) is 11.5 Å². The molecule has 0 bridgehead atoms. The van der Waals surface area contributed by atoms with Crippen LogP contribution in [0.15, 0.2) is 65.6 Å². The van der Waals surface area contributed by atoms with Crippen molar-refractivity contribution in [1.82, 2.24) is 0 Å². The van der Waals surface area contributed by atoms with E-state index in [9.17, 15) is 13.2 Å². The lowest BCUT2D eigenvalue weighted by atomic mass is 9.84. The molecule has 0 radical (unpaired) electrons. The van der Waals surface area contributed by atoms with Gasteiger partial charge in [-0.3, -0.25) is 4.79 Å². The van der Waals surface area contributed by atoms with Crippen molar-refractivity contribution in [2.24, 2.45) is 0 Å². The van der Waals surface area contributed by atoms with Gasteiger partial charge < -0.3 is 9.47 Å². The molecule has 6 heteroatoms. The van der Waals surface area contributed by atoms with Gasteiger partial charge in [0.05, 0.1) is 4.90 Å². The predicted octanol–water partition coefficient (Wildman–Crippen LogP) is 5.71. The van der Waals surface area contributed by atoms with Gasteiger partial charge in [-0.15, -0.1) is 0 Å². The highest BCUT2D eigenvalue weighted by molar-refractivity contribution is 7.93. The summed E-state index contributed by atoms with van der Waals surface area (Å²) in [6.45, 7) is 9.50. The monoisotopic (exact) mass is 492 g/mol. The standard InChI is InChI=1S/C29H32O5S/c1-19-20(2)27-25(21(3)26(19)33-18-23-12-8-6-9-13-23)16-17-29(5,34-27)28(22(4)30)35(31,32)24-14-10-7-11-15-24/h6-15,28H,16-18H2,1-5H3/t28?,29-/m1/s1. The SMILES string of the molecule is CC(=O)C([C@@]1(C)CCc2c(C)c(OCc3ccccc3)c(C)c(C)c2O1)S(=O)(=O)c1ccccc1. The third kappa shape index (κ3) is 4.59. The number of ether oxygens (including phenoxy) is 2. The largest absolute Gasteiger partial charge is 0.488 e. The normalized spacial score (nSPS) is 18.3. The highest BCUT2D eigenvalue weighted by Crippen LogP contribution is 2.46. The lowest BCUT2D eigenvalue weighted by molar-refractivity contribution is -0.120. The van der Waals surface area contributed by atoms with E-state index in [1.807, 2.05) is 51.1 Å². The molecule has 0 aromatic heterocycles. The molecule has 0 saturated carbocycles. The summed E-state index contributed by atoms with van der Waals surface area (Å²) in [5.41, 5.74) is 3.75. The number of Topliss-reactive ketones (excluding diaryl/α,β-unsaturated/α-hetero) is 1. The van der Waals surface area contributed by atoms with E-state index in [1.54, 1.807) is 25.1 Å². The molecule has 0 fully saturated rings. The van der Waals surface area contributed by atoms with Crippen LogP contribution in [0.3, 0.4) is 0 Å². The Morgan fingerprint density at radius 1 is 0.971 bits per heavy atom. The molecule has 0 aliphatic carbocycles. The number of sulfone groups is 1. The lowest BCUT2D eigenvalue weighted by Gasteiger charge is -2.41. The fourth-order valence-corrected chi connectivity index (χ4v) is 7.17. The molecule has 5 nitrogen and oxygen atoms in total. The summed E-state index contributed by atoms with van der Waals surface area (Å²) in [5.74, 6) is 1.07. The maximum absolute atomic E-state index is 13.6. The second-order valence-electron chi connectivity index (χ2n) is 9.55. The molecule has 0 saturated heterocycles. The highest BCUT2D eigenvalue weighted by atomic mass is 32.2. The quantitative estimate of drug-likeness (QED) is 0.423. The van der Waals surface area contributed by atoms with Gasteiger partial charge in [-0.2, -0.15) is 0 Å². The first kappa shape index (κ1) is 25.0. The van der Waals surface area contributed by atoms with Gasteiger partial charge in [0.15, 0.2) is 20.9 Å². The van der Waals surface area contributed by atoms with Crippen LogP contribution in [0.1, 0.15) is 48.1 Å². The fraction of sp³-hybridized carbons (Fsp3) is 0.345. The van der Waals surface area contributed by atoms with Crippen LogP contribution < -0.4 is 9.47 Å². The van der Waals surface area contributed by atoms with Crippen molar-refractivity contribution in [3.05, 3.63) is 88.5 Å². The van der Waals surface area contributed by atoms with Crippen LogP contribution in [0.5, 0.6) is 11.5 Å². The second kappa shape index (κ2) is 9.50. The van der Waals surface area contributed by atoms with Crippen LogP contribution in [0.2, 0.25) is 0 Å². The van der Waals surface area contributed by atoms with Crippen LogP contribution in [0.4, 0.5) is 0 Å². The van der Waals surface area contributed by atoms with E-state index in [2.05, 4.69) is 0 Å². The highest BCUT2D eigenvalue weighted by Gasteiger charge is 2.50. The molecule has 0 spiro atoms. The zero-order valence-corrected chi connectivity index (χ0v) is 21.7. The third-order valence-electron chi connectivity index (χ3n) is 7.05.